The lowest BCUT2D eigenvalue weighted by Gasteiger charge is -2.12. The molecule has 0 spiro atoms. The van der Waals surface area contributed by atoms with Crippen LogP contribution in [0.2, 0.25) is 0 Å². The number of rotatable bonds is 9. The molecule has 0 saturated heterocycles. The van der Waals surface area contributed by atoms with Crippen molar-refractivity contribution in [3.8, 4) is 0 Å². The number of benzene rings is 1. The molecule has 0 aliphatic rings. The third kappa shape index (κ3) is 7.94. The summed E-state index contributed by atoms with van der Waals surface area (Å²) in [5, 5.41) is 6.42. The molecule has 1 rings (SSSR count). The number of guanidine groups is 1. The average Bonchev–Trinajstić information content (AvgIpc) is 2.53. The number of nitrogens with zero attached hydrogens (tertiary/aromatic N) is 1. The van der Waals surface area contributed by atoms with Crippen LogP contribution in [0, 0.1) is 12.7 Å². The Morgan fingerprint density at radius 1 is 1.29 bits per heavy atom. The summed E-state index contributed by atoms with van der Waals surface area (Å²) in [6, 6.07) is 4.84. The van der Waals surface area contributed by atoms with E-state index in [1.165, 1.54) is 6.07 Å². The Morgan fingerprint density at radius 2 is 2.08 bits per heavy atom. The molecule has 24 heavy (non-hydrogen) atoms. The largest absolute Gasteiger partial charge is 0.466 e. The van der Waals surface area contributed by atoms with Gasteiger partial charge in [-0.1, -0.05) is 6.07 Å². The van der Waals surface area contributed by atoms with Crippen LogP contribution in [-0.4, -0.2) is 38.2 Å². The van der Waals surface area contributed by atoms with Crippen molar-refractivity contribution in [2.24, 2.45) is 4.99 Å². The van der Waals surface area contributed by atoms with Crippen molar-refractivity contribution >= 4 is 11.9 Å². The fourth-order valence-corrected chi connectivity index (χ4v) is 2.24. The van der Waals surface area contributed by atoms with Gasteiger partial charge in [0.1, 0.15) is 5.82 Å². The molecular weight excluding hydrogens is 309 g/mol. The third-order valence-corrected chi connectivity index (χ3v) is 3.45. The number of hydrogen-bond donors (Lipinski definition) is 2. The van der Waals surface area contributed by atoms with E-state index in [2.05, 4.69) is 15.6 Å². The van der Waals surface area contributed by atoms with Crippen molar-refractivity contribution in [1.82, 2.24) is 10.6 Å². The minimum atomic E-state index is -0.208. The molecular formula is C18H28FN3O2. The summed E-state index contributed by atoms with van der Waals surface area (Å²) in [6.45, 7) is 8.15. The highest BCUT2D eigenvalue weighted by atomic mass is 19.1. The van der Waals surface area contributed by atoms with Crippen LogP contribution in [0.3, 0.4) is 0 Å². The van der Waals surface area contributed by atoms with Gasteiger partial charge in [0.15, 0.2) is 5.96 Å². The van der Waals surface area contributed by atoms with Crippen LogP contribution in [0.4, 0.5) is 4.39 Å². The van der Waals surface area contributed by atoms with Crippen LogP contribution in [0.25, 0.3) is 0 Å². The monoisotopic (exact) mass is 337 g/mol. The molecule has 2 N–H and O–H groups in total. The quantitative estimate of drug-likeness (QED) is 0.315. The Bertz CT molecular complexity index is 547. The molecule has 134 valence electrons. The average molecular weight is 337 g/mol. The van der Waals surface area contributed by atoms with E-state index < -0.39 is 0 Å². The van der Waals surface area contributed by atoms with E-state index in [1.807, 2.05) is 19.9 Å². The number of carbonyl (C=O) groups excluding carboxylic acids is 1. The van der Waals surface area contributed by atoms with Crippen molar-refractivity contribution in [2.45, 2.75) is 40.0 Å². The highest BCUT2D eigenvalue weighted by Crippen LogP contribution is 2.10. The smallest absolute Gasteiger partial charge is 0.305 e. The number of hydrogen-bond acceptors (Lipinski definition) is 3. The molecule has 1 aromatic carbocycles. The Balaban J connectivity index is 2.39. The maximum atomic E-state index is 13.1. The van der Waals surface area contributed by atoms with E-state index >= 15 is 0 Å². The van der Waals surface area contributed by atoms with Crippen molar-refractivity contribution in [2.75, 3.05) is 26.2 Å². The van der Waals surface area contributed by atoms with E-state index in [4.69, 9.17) is 4.74 Å². The van der Waals surface area contributed by atoms with Gasteiger partial charge in [0, 0.05) is 26.1 Å². The topological polar surface area (TPSA) is 62.7 Å². The van der Waals surface area contributed by atoms with E-state index in [0.717, 1.165) is 30.1 Å². The predicted molar refractivity (Wildman–Crippen MR) is 94.7 cm³/mol. The highest BCUT2D eigenvalue weighted by Gasteiger charge is 2.03. The lowest BCUT2D eigenvalue weighted by atomic mass is 10.1. The fraction of sp³-hybridized carbons (Fsp3) is 0.556. The Labute approximate surface area is 143 Å². The molecule has 0 saturated carbocycles. The number of aryl methyl sites for hydroxylation is 1. The zero-order valence-corrected chi connectivity index (χ0v) is 14.8. The van der Waals surface area contributed by atoms with Crippen LogP contribution in [0.1, 0.15) is 37.8 Å². The van der Waals surface area contributed by atoms with Gasteiger partial charge in [-0.3, -0.25) is 9.79 Å². The van der Waals surface area contributed by atoms with Gasteiger partial charge in [-0.25, -0.2) is 4.39 Å². The van der Waals surface area contributed by atoms with Crippen molar-refractivity contribution < 1.29 is 13.9 Å². The van der Waals surface area contributed by atoms with Gasteiger partial charge < -0.3 is 15.4 Å². The van der Waals surface area contributed by atoms with Gasteiger partial charge in [0.2, 0.25) is 0 Å². The Morgan fingerprint density at radius 3 is 2.75 bits per heavy atom. The first-order valence-electron chi connectivity index (χ1n) is 8.49. The summed E-state index contributed by atoms with van der Waals surface area (Å²) in [4.78, 5) is 15.7. The Hall–Kier alpha value is -2.11. The highest BCUT2D eigenvalue weighted by molar-refractivity contribution is 5.79. The number of nitrogens with one attached hydrogen (secondary N) is 2. The van der Waals surface area contributed by atoms with Crippen LogP contribution in [0.15, 0.2) is 23.2 Å². The van der Waals surface area contributed by atoms with E-state index in [9.17, 15) is 9.18 Å². The van der Waals surface area contributed by atoms with Gasteiger partial charge in [-0.2, -0.15) is 0 Å². The summed E-state index contributed by atoms with van der Waals surface area (Å²) in [7, 11) is 0. The van der Waals surface area contributed by atoms with Gasteiger partial charge >= 0.3 is 5.97 Å². The van der Waals surface area contributed by atoms with Crippen molar-refractivity contribution in [3.63, 3.8) is 0 Å². The van der Waals surface area contributed by atoms with Gasteiger partial charge in [0.05, 0.1) is 6.61 Å². The van der Waals surface area contributed by atoms with E-state index in [0.29, 0.717) is 32.5 Å². The van der Waals surface area contributed by atoms with Gasteiger partial charge in [0.25, 0.3) is 0 Å². The fourth-order valence-electron chi connectivity index (χ4n) is 2.24. The minimum Gasteiger partial charge on any atom is -0.466 e. The lowest BCUT2D eigenvalue weighted by Crippen LogP contribution is -2.38. The third-order valence-electron chi connectivity index (χ3n) is 3.45. The summed E-state index contributed by atoms with van der Waals surface area (Å²) in [5.74, 6) is 0.333. The number of aliphatic imine (C=N–C) groups is 1. The molecule has 6 heteroatoms. The lowest BCUT2D eigenvalue weighted by molar-refractivity contribution is -0.143. The van der Waals surface area contributed by atoms with Gasteiger partial charge in [-0.15, -0.1) is 0 Å². The number of carbonyl (C=O) groups is 1. The first kappa shape index (κ1) is 19.9. The first-order valence-corrected chi connectivity index (χ1v) is 8.49. The van der Waals surface area contributed by atoms with Crippen LogP contribution in [-0.2, 0) is 16.0 Å². The molecule has 1 aromatic rings. The van der Waals surface area contributed by atoms with E-state index in [-0.39, 0.29) is 11.8 Å². The number of esters is 1. The van der Waals surface area contributed by atoms with E-state index in [1.54, 1.807) is 13.0 Å². The number of halogens is 1. The summed E-state index contributed by atoms with van der Waals surface area (Å²) in [6.07, 6.45) is 1.83. The molecule has 0 fully saturated rings. The van der Waals surface area contributed by atoms with Crippen LogP contribution in [0.5, 0.6) is 0 Å². The minimum absolute atomic E-state index is 0.183. The molecule has 0 radical (unpaired) electrons. The predicted octanol–water partition coefficient (Wildman–Crippen LogP) is 2.58. The summed E-state index contributed by atoms with van der Waals surface area (Å²) >= 11 is 0. The summed E-state index contributed by atoms with van der Waals surface area (Å²) < 4.78 is 18.0. The molecule has 0 heterocycles. The molecule has 0 atom stereocenters. The van der Waals surface area contributed by atoms with Crippen LogP contribution < -0.4 is 10.6 Å². The maximum Gasteiger partial charge on any atom is 0.305 e. The second-order valence-electron chi connectivity index (χ2n) is 5.42. The number of ether oxygens (including phenoxy) is 1. The second-order valence-corrected chi connectivity index (χ2v) is 5.42. The molecule has 0 unspecified atom stereocenters. The van der Waals surface area contributed by atoms with Gasteiger partial charge in [-0.05, 0) is 56.9 Å². The molecule has 0 aliphatic carbocycles. The second kappa shape index (κ2) is 11.4. The zero-order valence-electron chi connectivity index (χ0n) is 14.8. The van der Waals surface area contributed by atoms with Crippen LogP contribution >= 0.6 is 0 Å². The Kier molecular flexibility index (Phi) is 9.49. The first-order chi connectivity index (χ1) is 11.6. The molecule has 0 amide bonds. The molecule has 0 bridgehead atoms. The zero-order chi connectivity index (χ0) is 17.8. The summed E-state index contributed by atoms with van der Waals surface area (Å²) in [5.41, 5.74) is 2.07. The normalized spacial score (nSPS) is 11.2. The van der Waals surface area contributed by atoms with Crippen molar-refractivity contribution in [1.29, 1.82) is 0 Å². The molecule has 0 aromatic heterocycles. The molecule has 0 aliphatic heterocycles. The molecule has 5 nitrogen and oxygen atoms in total. The SMILES string of the molecule is CCNC(=NCCCC(=O)OCC)NCCc1ccc(F)cc1C. The standard InChI is InChI=1S/C18H28FN3O2/c1-4-20-18(21-11-6-7-17(23)24-5-2)22-12-10-15-8-9-16(19)13-14(15)3/h8-9,13H,4-7,10-12H2,1-3H3,(H2,20,21,22). The maximum absolute atomic E-state index is 13.1. The van der Waals surface area contributed by atoms with Crippen molar-refractivity contribution in [3.05, 3.63) is 35.1 Å².